The van der Waals surface area contributed by atoms with Crippen LogP contribution < -0.4 is 4.74 Å². The molecule has 4 nitrogen and oxygen atoms in total. The smallest absolute Gasteiger partial charge is 0.264 e. The molecule has 0 spiro atoms. The maximum atomic E-state index is 13.1. The van der Waals surface area contributed by atoms with E-state index in [1.165, 1.54) is 12.8 Å². The first-order valence-corrected chi connectivity index (χ1v) is 9.62. The number of para-hydroxylation sites is 1. The summed E-state index contributed by atoms with van der Waals surface area (Å²) < 4.78 is 6.02. The van der Waals surface area contributed by atoms with E-state index in [0.717, 1.165) is 42.3 Å². The summed E-state index contributed by atoms with van der Waals surface area (Å²) in [6.07, 6.45) is 4.40. The van der Waals surface area contributed by atoms with E-state index in [9.17, 15) is 4.79 Å². The molecule has 124 valence electrons. The van der Waals surface area contributed by atoms with Crippen LogP contribution in [-0.4, -0.2) is 59.8 Å². The van der Waals surface area contributed by atoms with Gasteiger partial charge in [0.05, 0.1) is 0 Å². The van der Waals surface area contributed by atoms with E-state index in [1.807, 2.05) is 18.2 Å². The van der Waals surface area contributed by atoms with Crippen LogP contribution in [-0.2, 0) is 4.79 Å². The molecular formula is C18H24N2O2S. The van der Waals surface area contributed by atoms with Gasteiger partial charge in [0.2, 0.25) is 0 Å². The summed E-state index contributed by atoms with van der Waals surface area (Å²) in [5.74, 6) is 1.77. The lowest BCUT2D eigenvalue weighted by Crippen LogP contribution is -2.52. The quantitative estimate of drug-likeness (QED) is 0.833. The minimum absolute atomic E-state index is 0.190. The summed E-state index contributed by atoms with van der Waals surface area (Å²) in [6.45, 7) is 2.05. The maximum absolute atomic E-state index is 13.1. The Bertz CT molecular complexity index is 594. The van der Waals surface area contributed by atoms with Gasteiger partial charge >= 0.3 is 0 Å². The number of likely N-dealkylation sites (tertiary alicyclic amines) is 2. The average Bonchev–Trinajstić information content (AvgIpc) is 3.22. The fourth-order valence-electron chi connectivity index (χ4n) is 4.21. The number of nitrogens with zero attached hydrogens (tertiary/aromatic N) is 2. The van der Waals surface area contributed by atoms with Crippen molar-refractivity contribution in [2.24, 2.45) is 0 Å². The number of fused-ring (bicyclic) bond motifs is 1. The Balaban J connectivity index is 1.48. The van der Waals surface area contributed by atoms with Crippen LogP contribution in [0.4, 0.5) is 0 Å². The van der Waals surface area contributed by atoms with Gasteiger partial charge in [0.25, 0.3) is 5.91 Å². The monoisotopic (exact) mass is 332 g/mol. The summed E-state index contributed by atoms with van der Waals surface area (Å²) in [7, 11) is 2.20. The zero-order valence-corrected chi connectivity index (χ0v) is 14.4. The van der Waals surface area contributed by atoms with Gasteiger partial charge in [0, 0.05) is 29.3 Å². The summed E-state index contributed by atoms with van der Waals surface area (Å²) in [5, 5.41) is 0. The van der Waals surface area contributed by atoms with Crippen LogP contribution >= 0.6 is 11.8 Å². The van der Waals surface area contributed by atoms with Gasteiger partial charge in [-0.3, -0.25) is 4.79 Å². The average molecular weight is 332 g/mol. The molecule has 5 heteroatoms. The second-order valence-corrected chi connectivity index (χ2v) is 7.86. The Hall–Kier alpha value is -1.20. The van der Waals surface area contributed by atoms with Crippen molar-refractivity contribution in [3.8, 4) is 5.75 Å². The van der Waals surface area contributed by atoms with E-state index in [2.05, 4.69) is 22.9 Å². The van der Waals surface area contributed by atoms with Crippen molar-refractivity contribution in [1.29, 1.82) is 0 Å². The van der Waals surface area contributed by atoms with Crippen LogP contribution in [0.5, 0.6) is 5.75 Å². The predicted molar refractivity (Wildman–Crippen MR) is 92.0 cm³/mol. The number of likely N-dealkylation sites (N-methyl/N-ethyl adjacent to an activating group) is 1. The van der Waals surface area contributed by atoms with E-state index in [1.54, 1.807) is 11.8 Å². The molecule has 3 heterocycles. The van der Waals surface area contributed by atoms with Gasteiger partial charge in [0.15, 0.2) is 6.10 Å². The molecule has 3 aliphatic heterocycles. The molecule has 2 fully saturated rings. The van der Waals surface area contributed by atoms with Crippen LogP contribution in [0.2, 0.25) is 0 Å². The first kappa shape index (κ1) is 15.3. The molecular weight excluding hydrogens is 308 g/mol. The van der Waals surface area contributed by atoms with Crippen LogP contribution in [0.1, 0.15) is 25.7 Å². The predicted octanol–water partition coefficient (Wildman–Crippen LogP) is 2.62. The van der Waals surface area contributed by atoms with Crippen molar-refractivity contribution in [1.82, 2.24) is 9.80 Å². The Morgan fingerprint density at radius 2 is 1.96 bits per heavy atom. The van der Waals surface area contributed by atoms with Crippen molar-refractivity contribution in [2.75, 3.05) is 25.9 Å². The molecule has 23 heavy (non-hydrogen) atoms. The molecule has 1 aromatic carbocycles. The molecule has 0 aliphatic carbocycles. The molecule has 1 aromatic rings. The van der Waals surface area contributed by atoms with Gasteiger partial charge in [-0.15, -0.1) is 11.8 Å². The Morgan fingerprint density at radius 3 is 2.78 bits per heavy atom. The Kier molecular flexibility index (Phi) is 4.24. The molecule has 0 saturated carbocycles. The third kappa shape index (κ3) is 2.85. The standard InChI is InChI=1S/C18H24N2O2S/c1-19-10-4-6-13(19)14-7-5-11-20(14)18(21)16-12-23-17-9-3-2-8-15(17)22-16/h2-3,8-9,13-14,16H,4-7,10-12H2,1H3/t13-,14+,16-/m1/s1. The Labute approximate surface area is 142 Å². The molecule has 2 saturated heterocycles. The van der Waals surface area contributed by atoms with E-state index in [0.29, 0.717) is 12.1 Å². The molecule has 3 aliphatic rings. The zero-order valence-electron chi connectivity index (χ0n) is 13.6. The second kappa shape index (κ2) is 6.36. The van der Waals surface area contributed by atoms with Gasteiger partial charge in [-0.25, -0.2) is 0 Å². The van der Waals surface area contributed by atoms with Gasteiger partial charge in [0.1, 0.15) is 5.75 Å². The number of benzene rings is 1. The first-order chi connectivity index (χ1) is 11.2. The fraction of sp³-hybridized carbons (Fsp3) is 0.611. The van der Waals surface area contributed by atoms with Gasteiger partial charge in [-0.05, 0) is 51.4 Å². The fourth-order valence-corrected chi connectivity index (χ4v) is 5.19. The second-order valence-electron chi connectivity index (χ2n) is 6.80. The van der Waals surface area contributed by atoms with Crippen molar-refractivity contribution >= 4 is 17.7 Å². The first-order valence-electron chi connectivity index (χ1n) is 8.63. The molecule has 0 N–H and O–H groups in total. The number of rotatable bonds is 2. The van der Waals surface area contributed by atoms with Crippen LogP contribution in [0, 0.1) is 0 Å². The molecule has 0 bridgehead atoms. The highest BCUT2D eigenvalue weighted by Gasteiger charge is 2.41. The third-order valence-corrected chi connectivity index (χ3v) is 6.51. The molecule has 3 atom stereocenters. The number of thioether (sulfide) groups is 1. The number of ether oxygens (including phenoxy) is 1. The van der Waals surface area contributed by atoms with E-state index in [-0.39, 0.29) is 12.0 Å². The summed E-state index contributed by atoms with van der Waals surface area (Å²) in [5.41, 5.74) is 0. The summed E-state index contributed by atoms with van der Waals surface area (Å²) >= 11 is 1.74. The highest BCUT2D eigenvalue weighted by Crippen LogP contribution is 2.36. The largest absolute Gasteiger partial charge is 0.479 e. The number of carbonyl (C=O) groups excluding carboxylic acids is 1. The number of carbonyl (C=O) groups is 1. The van der Waals surface area contributed by atoms with Crippen molar-refractivity contribution in [3.63, 3.8) is 0 Å². The van der Waals surface area contributed by atoms with E-state index in [4.69, 9.17) is 4.74 Å². The van der Waals surface area contributed by atoms with Gasteiger partial charge in [-0.1, -0.05) is 12.1 Å². The van der Waals surface area contributed by atoms with Crippen LogP contribution in [0.15, 0.2) is 29.2 Å². The summed E-state index contributed by atoms with van der Waals surface area (Å²) in [6, 6.07) is 8.92. The SMILES string of the molecule is CN1CCC[C@@H]1[C@@H]1CCCN1C(=O)[C@H]1CSc2ccccc2O1. The maximum Gasteiger partial charge on any atom is 0.264 e. The van der Waals surface area contributed by atoms with Gasteiger partial charge < -0.3 is 14.5 Å². The van der Waals surface area contributed by atoms with Crippen molar-refractivity contribution in [3.05, 3.63) is 24.3 Å². The molecule has 0 aromatic heterocycles. The molecule has 0 unspecified atom stereocenters. The minimum Gasteiger partial charge on any atom is -0.479 e. The molecule has 1 amide bonds. The lowest BCUT2D eigenvalue weighted by Gasteiger charge is -2.36. The van der Waals surface area contributed by atoms with Crippen molar-refractivity contribution in [2.45, 2.75) is 48.8 Å². The van der Waals surface area contributed by atoms with Crippen LogP contribution in [0.3, 0.4) is 0 Å². The lowest BCUT2D eigenvalue weighted by molar-refractivity contribution is -0.139. The van der Waals surface area contributed by atoms with Crippen LogP contribution in [0.25, 0.3) is 0 Å². The number of hydrogen-bond acceptors (Lipinski definition) is 4. The third-order valence-electron chi connectivity index (χ3n) is 5.39. The topological polar surface area (TPSA) is 32.8 Å². The molecule has 4 rings (SSSR count). The lowest BCUT2D eigenvalue weighted by atomic mass is 10.0. The minimum atomic E-state index is -0.331. The highest BCUT2D eigenvalue weighted by molar-refractivity contribution is 7.99. The van der Waals surface area contributed by atoms with Gasteiger partial charge in [-0.2, -0.15) is 0 Å². The molecule has 0 radical (unpaired) electrons. The number of amides is 1. The normalized spacial score (nSPS) is 31.0. The summed E-state index contributed by atoms with van der Waals surface area (Å²) in [4.78, 5) is 18.7. The zero-order chi connectivity index (χ0) is 15.8. The number of hydrogen-bond donors (Lipinski definition) is 0. The van der Waals surface area contributed by atoms with E-state index >= 15 is 0 Å². The van der Waals surface area contributed by atoms with E-state index < -0.39 is 0 Å². The Morgan fingerprint density at radius 1 is 1.17 bits per heavy atom. The van der Waals surface area contributed by atoms with Crippen molar-refractivity contribution < 1.29 is 9.53 Å². The highest BCUT2D eigenvalue weighted by atomic mass is 32.2.